The van der Waals surface area contributed by atoms with Crippen molar-refractivity contribution in [3.8, 4) is 5.75 Å². The maximum absolute atomic E-state index is 10.5. The van der Waals surface area contributed by atoms with Crippen LogP contribution in [0.15, 0.2) is 54.6 Å². The van der Waals surface area contributed by atoms with Gasteiger partial charge in [0.05, 0.1) is 0 Å². The first-order valence-electron chi connectivity index (χ1n) is 6.95. The van der Waals surface area contributed by atoms with Gasteiger partial charge in [-0.2, -0.15) is 0 Å². The highest BCUT2D eigenvalue weighted by Crippen LogP contribution is 2.25. The molecular weight excluding hydrogens is 264 g/mol. The summed E-state index contributed by atoms with van der Waals surface area (Å²) in [6.07, 6.45) is 4.76. The fraction of sp³-hybridized carbons (Fsp3) is 0.167. The minimum Gasteiger partial charge on any atom is -0.490 e. The molecule has 0 saturated carbocycles. The second kappa shape index (κ2) is 5.83. The molecule has 3 nitrogen and oxygen atoms in total. The molecule has 3 heteroatoms. The van der Waals surface area contributed by atoms with Crippen molar-refractivity contribution in [2.75, 3.05) is 0 Å². The van der Waals surface area contributed by atoms with E-state index in [1.807, 2.05) is 24.3 Å². The Bertz CT molecular complexity index is 646. The number of carboxylic acids is 1. The van der Waals surface area contributed by atoms with Crippen LogP contribution in [-0.2, 0) is 17.6 Å². The molecule has 0 fully saturated rings. The first kappa shape index (κ1) is 13.4. The Morgan fingerprint density at radius 3 is 2.24 bits per heavy atom. The lowest BCUT2D eigenvalue weighted by atomic mass is 10.1. The van der Waals surface area contributed by atoms with Gasteiger partial charge in [-0.15, -0.1) is 0 Å². The summed E-state index contributed by atoms with van der Waals surface area (Å²) < 4.78 is 6.00. The summed E-state index contributed by atoms with van der Waals surface area (Å²) in [4.78, 5) is 10.5. The van der Waals surface area contributed by atoms with E-state index in [0.717, 1.165) is 30.2 Å². The van der Waals surface area contributed by atoms with E-state index in [1.165, 1.54) is 11.1 Å². The van der Waals surface area contributed by atoms with Crippen molar-refractivity contribution >= 4 is 12.0 Å². The Kier molecular flexibility index (Phi) is 3.73. The smallest absolute Gasteiger partial charge is 0.328 e. The molecule has 1 aliphatic rings. The van der Waals surface area contributed by atoms with E-state index in [9.17, 15) is 4.79 Å². The monoisotopic (exact) mass is 280 g/mol. The van der Waals surface area contributed by atoms with Gasteiger partial charge in [0.2, 0.25) is 0 Å². The lowest BCUT2D eigenvalue weighted by molar-refractivity contribution is -0.131. The molecule has 0 amide bonds. The van der Waals surface area contributed by atoms with Gasteiger partial charge in [0, 0.05) is 18.9 Å². The van der Waals surface area contributed by atoms with Crippen molar-refractivity contribution in [3.05, 3.63) is 71.3 Å². The van der Waals surface area contributed by atoms with E-state index in [2.05, 4.69) is 24.3 Å². The predicted molar refractivity (Wildman–Crippen MR) is 81.4 cm³/mol. The second-order valence-electron chi connectivity index (χ2n) is 5.16. The summed E-state index contributed by atoms with van der Waals surface area (Å²) in [6, 6.07) is 15.9. The van der Waals surface area contributed by atoms with Crippen molar-refractivity contribution < 1.29 is 14.6 Å². The molecule has 0 spiro atoms. The molecule has 0 atom stereocenters. The van der Waals surface area contributed by atoms with Crippen LogP contribution in [-0.4, -0.2) is 17.2 Å². The Labute approximate surface area is 123 Å². The number of fused-ring (bicyclic) bond motifs is 1. The molecule has 21 heavy (non-hydrogen) atoms. The number of hydrogen-bond acceptors (Lipinski definition) is 2. The van der Waals surface area contributed by atoms with Gasteiger partial charge >= 0.3 is 5.97 Å². The second-order valence-corrected chi connectivity index (χ2v) is 5.16. The molecule has 2 aromatic rings. The van der Waals surface area contributed by atoms with Crippen molar-refractivity contribution in [1.82, 2.24) is 0 Å². The number of carbonyl (C=O) groups is 1. The minimum atomic E-state index is -0.945. The summed E-state index contributed by atoms with van der Waals surface area (Å²) in [7, 11) is 0. The highest BCUT2D eigenvalue weighted by atomic mass is 16.5. The van der Waals surface area contributed by atoms with E-state index in [4.69, 9.17) is 9.84 Å². The lowest BCUT2D eigenvalue weighted by Gasteiger charge is -2.13. The van der Waals surface area contributed by atoms with Crippen LogP contribution in [0.2, 0.25) is 0 Å². The third-order valence-electron chi connectivity index (χ3n) is 3.61. The topological polar surface area (TPSA) is 46.5 Å². The van der Waals surface area contributed by atoms with Crippen LogP contribution < -0.4 is 4.74 Å². The van der Waals surface area contributed by atoms with Crippen LogP contribution >= 0.6 is 0 Å². The molecule has 0 aromatic heterocycles. The zero-order chi connectivity index (χ0) is 14.7. The van der Waals surface area contributed by atoms with E-state index in [0.29, 0.717) is 0 Å². The van der Waals surface area contributed by atoms with Gasteiger partial charge in [0.15, 0.2) is 0 Å². The Morgan fingerprint density at radius 2 is 1.67 bits per heavy atom. The number of hydrogen-bond donors (Lipinski definition) is 1. The van der Waals surface area contributed by atoms with Crippen LogP contribution in [0.25, 0.3) is 6.08 Å². The molecule has 0 saturated heterocycles. The number of carboxylic acid groups (broad SMARTS) is 1. The third-order valence-corrected chi connectivity index (χ3v) is 3.61. The standard InChI is InChI=1S/C18H16O3/c19-18(20)10-7-13-5-8-16(9-6-13)21-17-11-14-3-1-2-4-15(14)12-17/h1-10,17H,11-12H2,(H,19,20). The predicted octanol–water partition coefficient (Wildman–Crippen LogP) is 3.33. The normalized spacial score (nSPS) is 14.3. The molecule has 0 unspecified atom stereocenters. The molecule has 1 N–H and O–H groups in total. The maximum Gasteiger partial charge on any atom is 0.328 e. The lowest BCUT2D eigenvalue weighted by Crippen LogP contribution is -2.16. The molecular formula is C18H16O3. The van der Waals surface area contributed by atoms with E-state index >= 15 is 0 Å². The molecule has 0 aliphatic heterocycles. The zero-order valence-corrected chi connectivity index (χ0v) is 11.5. The Balaban J connectivity index is 1.63. The Morgan fingerprint density at radius 1 is 1.05 bits per heavy atom. The van der Waals surface area contributed by atoms with Gasteiger partial charge in [-0.05, 0) is 34.9 Å². The quantitative estimate of drug-likeness (QED) is 0.874. The SMILES string of the molecule is O=C(O)C=Cc1ccc(OC2Cc3ccccc3C2)cc1. The van der Waals surface area contributed by atoms with Crippen molar-refractivity contribution in [1.29, 1.82) is 0 Å². The van der Waals surface area contributed by atoms with Gasteiger partial charge in [0.1, 0.15) is 11.9 Å². The first-order valence-corrected chi connectivity index (χ1v) is 6.95. The minimum absolute atomic E-state index is 0.183. The molecule has 1 aliphatic carbocycles. The largest absolute Gasteiger partial charge is 0.490 e. The number of rotatable bonds is 4. The number of ether oxygens (including phenoxy) is 1. The van der Waals surface area contributed by atoms with E-state index in [-0.39, 0.29) is 6.10 Å². The van der Waals surface area contributed by atoms with Gasteiger partial charge in [-0.1, -0.05) is 36.4 Å². The van der Waals surface area contributed by atoms with Gasteiger partial charge in [-0.25, -0.2) is 4.79 Å². The maximum atomic E-state index is 10.5. The van der Waals surface area contributed by atoms with E-state index in [1.54, 1.807) is 6.08 Å². The number of benzene rings is 2. The van der Waals surface area contributed by atoms with Crippen LogP contribution in [0, 0.1) is 0 Å². The summed E-state index contributed by atoms with van der Waals surface area (Å²) in [5, 5.41) is 8.59. The van der Waals surface area contributed by atoms with Crippen molar-refractivity contribution in [2.45, 2.75) is 18.9 Å². The van der Waals surface area contributed by atoms with Crippen molar-refractivity contribution in [2.24, 2.45) is 0 Å². The fourth-order valence-electron chi connectivity index (χ4n) is 2.62. The molecule has 2 aromatic carbocycles. The summed E-state index contributed by atoms with van der Waals surface area (Å²) >= 11 is 0. The summed E-state index contributed by atoms with van der Waals surface area (Å²) in [6.45, 7) is 0. The van der Waals surface area contributed by atoms with Crippen LogP contribution in [0.3, 0.4) is 0 Å². The van der Waals surface area contributed by atoms with Crippen molar-refractivity contribution in [3.63, 3.8) is 0 Å². The van der Waals surface area contributed by atoms with Gasteiger partial charge in [0.25, 0.3) is 0 Å². The molecule has 106 valence electrons. The average molecular weight is 280 g/mol. The van der Waals surface area contributed by atoms with Gasteiger partial charge in [-0.3, -0.25) is 0 Å². The highest BCUT2D eigenvalue weighted by molar-refractivity contribution is 5.85. The number of aliphatic carboxylic acids is 1. The van der Waals surface area contributed by atoms with E-state index < -0.39 is 5.97 Å². The zero-order valence-electron chi connectivity index (χ0n) is 11.5. The molecule has 0 radical (unpaired) electrons. The highest BCUT2D eigenvalue weighted by Gasteiger charge is 2.22. The summed E-state index contributed by atoms with van der Waals surface area (Å²) in [5.74, 6) is -0.126. The van der Waals surface area contributed by atoms with Crippen LogP contribution in [0.5, 0.6) is 5.75 Å². The Hall–Kier alpha value is -2.55. The van der Waals surface area contributed by atoms with Crippen LogP contribution in [0.4, 0.5) is 0 Å². The van der Waals surface area contributed by atoms with Gasteiger partial charge < -0.3 is 9.84 Å². The fourth-order valence-corrected chi connectivity index (χ4v) is 2.62. The third kappa shape index (κ3) is 3.31. The summed E-state index contributed by atoms with van der Waals surface area (Å²) in [5.41, 5.74) is 3.58. The first-order chi connectivity index (χ1) is 10.2. The van der Waals surface area contributed by atoms with Crippen LogP contribution in [0.1, 0.15) is 16.7 Å². The molecule has 3 rings (SSSR count). The average Bonchev–Trinajstić information content (AvgIpc) is 2.88. The molecule has 0 bridgehead atoms. The molecule has 0 heterocycles.